The summed E-state index contributed by atoms with van der Waals surface area (Å²) in [7, 11) is -0.175. The fourth-order valence-electron chi connectivity index (χ4n) is 4.07. The number of fused-ring (bicyclic) bond motifs is 1. The van der Waals surface area contributed by atoms with Crippen LogP contribution in [0.4, 0.5) is 4.79 Å². The molecule has 4 atom stereocenters. The van der Waals surface area contributed by atoms with E-state index in [1.165, 1.54) is 7.11 Å². The van der Waals surface area contributed by atoms with Crippen molar-refractivity contribution in [1.82, 2.24) is 20.2 Å². The molecule has 2 aliphatic rings. The van der Waals surface area contributed by atoms with Gasteiger partial charge in [-0.05, 0) is 31.1 Å². The van der Waals surface area contributed by atoms with E-state index in [-0.39, 0.29) is 23.9 Å². The third kappa shape index (κ3) is 4.66. The minimum absolute atomic E-state index is 0.0452. The van der Waals surface area contributed by atoms with Gasteiger partial charge in [0.25, 0.3) is 0 Å². The third-order valence-electron chi connectivity index (χ3n) is 5.72. The third-order valence-corrected chi connectivity index (χ3v) is 6.60. The van der Waals surface area contributed by atoms with Crippen molar-refractivity contribution in [2.24, 2.45) is 11.8 Å². The van der Waals surface area contributed by atoms with Crippen LogP contribution < -0.4 is 5.32 Å². The summed E-state index contributed by atoms with van der Waals surface area (Å²) in [6.45, 7) is 10.5. The molecule has 0 unspecified atom stereocenters. The van der Waals surface area contributed by atoms with Crippen molar-refractivity contribution < 1.29 is 14.3 Å². The number of amides is 2. The molecule has 1 aromatic heterocycles. The zero-order valence-corrected chi connectivity index (χ0v) is 19.2. The molecule has 1 aliphatic carbocycles. The number of likely N-dealkylation sites (tertiary alicyclic amines) is 1. The molecule has 158 valence electrons. The number of alkyl carbamates (subject to hydrolysis) is 1. The summed E-state index contributed by atoms with van der Waals surface area (Å²) in [6, 6.07) is -0.511. The smallest absolute Gasteiger partial charge is 0.407 e. The Hall–Kier alpha value is -2.27. The van der Waals surface area contributed by atoms with E-state index in [1.54, 1.807) is 0 Å². The summed E-state index contributed by atoms with van der Waals surface area (Å²) in [6.07, 6.45) is 4.27. The topological polar surface area (TPSA) is 87.3 Å². The van der Waals surface area contributed by atoms with Crippen molar-refractivity contribution in [3.05, 3.63) is 17.7 Å². The number of aromatic amines is 1. The van der Waals surface area contributed by atoms with Crippen LogP contribution in [-0.2, 0) is 9.53 Å². The fraction of sp³-hybridized carbons (Fsp3) is 0.667. The zero-order chi connectivity index (χ0) is 21.3. The SMILES string of the molecule is COC(=O)N[C@H](C(=O)N1[C@@H]2CC[C@@H]2C[C@H]1c1nc(C#C[Si](C)(C)C)c[nH]1)C(C)C. The monoisotopic (exact) mass is 416 g/mol. The summed E-state index contributed by atoms with van der Waals surface area (Å²) in [5.41, 5.74) is 4.06. The summed E-state index contributed by atoms with van der Waals surface area (Å²) in [4.78, 5) is 35.1. The Kier molecular flexibility index (Phi) is 6.08. The maximum Gasteiger partial charge on any atom is 0.407 e. The number of imidazole rings is 1. The van der Waals surface area contributed by atoms with Gasteiger partial charge in [-0.15, -0.1) is 5.54 Å². The highest BCUT2D eigenvalue weighted by atomic mass is 28.3. The van der Waals surface area contributed by atoms with E-state index < -0.39 is 20.2 Å². The van der Waals surface area contributed by atoms with E-state index in [1.807, 2.05) is 24.9 Å². The molecule has 7 nitrogen and oxygen atoms in total. The Balaban J connectivity index is 1.85. The predicted octanol–water partition coefficient (Wildman–Crippen LogP) is 3.07. The summed E-state index contributed by atoms with van der Waals surface area (Å²) < 4.78 is 4.72. The molecule has 1 saturated heterocycles. The molecule has 2 heterocycles. The average Bonchev–Trinajstić information content (AvgIpc) is 3.18. The molecule has 0 aromatic carbocycles. The van der Waals surface area contributed by atoms with Gasteiger partial charge in [-0.2, -0.15) is 0 Å². The van der Waals surface area contributed by atoms with Crippen molar-refractivity contribution in [2.45, 2.75) is 70.9 Å². The Morgan fingerprint density at radius 2 is 2.07 bits per heavy atom. The van der Waals surface area contributed by atoms with Crippen LogP contribution >= 0.6 is 0 Å². The summed E-state index contributed by atoms with van der Waals surface area (Å²) >= 11 is 0. The fourth-order valence-corrected chi connectivity index (χ4v) is 4.57. The Labute approximate surface area is 174 Å². The highest BCUT2D eigenvalue weighted by Gasteiger charge is 2.51. The van der Waals surface area contributed by atoms with Crippen molar-refractivity contribution in [2.75, 3.05) is 7.11 Å². The normalized spacial score (nSPS) is 24.2. The zero-order valence-electron chi connectivity index (χ0n) is 18.2. The van der Waals surface area contributed by atoms with Gasteiger partial charge in [0.15, 0.2) is 0 Å². The van der Waals surface area contributed by atoms with E-state index in [4.69, 9.17) is 9.72 Å². The minimum atomic E-state index is -1.48. The molecule has 0 radical (unpaired) electrons. The Bertz CT molecular complexity index is 833. The molecular formula is C21H32N4O3Si. The molecule has 29 heavy (non-hydrogen) atoms. The number of nitrogens with zero attached hydrogens (tertiary/aromatic N) is 2. The number of H-pyrrole nitrogens is 1. The van der Waals surface area contributed by atoms with E-state index in [2.05, 4.69) is 41.4 Å². The number of carbonyl (C=O) groups excluding carboxylic acids is 2. The number of carbonyl (C=O) groups is 2. The largest absolute Gasteiger partial charge is 0.453 e. The van der Waals surface area contributed by atoms with E-state index >= 15 is 0 Å². The molecule has 1 aliphatic heterocycles. The van der Waals surface area contributed by atoms with E-state index in [9.17, 15) is 9.59 Å². The maximum absolute atomic E-state index is 13.5. The lowest BCUT2D eigenvalue weighted by Gasteiger charge is -2.39. The molecule has 2 N–H and O–H groups in total. The van der Waals surface area contributed by atoms with E-state index in [0.29, 0.717) is 5.92 Å². The van der Waals surface area contributed by atoms with Gasteiger partial charge in [0.1, 0.15) is 25.6 Å². The molecule has 1 saturated carbocycles. The van der Waals surface area contributed by atoms with Crippen LogP contribution in [0.5, 0.6) is 0 Å². The summed E-state index contributed by atoms with van der Waals surface area (Å²) in [5, 5.41) is 2.72. The lowest BCUT2D eigenvalue weighted by atomic mass is 9.80. The first-order chi connectivity index (χ1) is 13.6. The Morgan fingerprint density at radius 3 is 2.62 bits per heavy atom. The molecule has 3 rings (SSSR count). The van der Waals surface area contributed by atoms with Crippen LogP contribution in [0.2, 0.25) is 19.6 Å². The number of ether oxygens (including phenoxy) is 1. The van der Waals surface area contributed by atoms with Gasteiger partial charge in [0, 0.05) is 12.2 Å². The second-order valence-electron chi connectivity index (χ2n) is 9.43. The first-order valence-corrected chi connectivity index (χ1v) is 13.9. The number of rotatable bonds is 4. The number of hydrogen-bond donors (Lipinski definition) is 2. The quantitative estimate of drug-likeness (QED) is 0.583. The van der Waals surface area contributed by atoms with Crippen LogP contribution in [0, 0.1) is 23.3 Å². The van der Waals surface area contributed by atoms with Crippen LogP contribution in [0.1, 0.15) is 50.7 Å². The van der Waals surface area contributed by atoms with E-state index in [0.717, 1.165) is 30.8 Å². The first kappa shape index (κ1) is 21.4. The van der Waals surface area contributed by atoms with Gasteiger partial charge in [-0.25, -0.2) is 9.78 Å². The Morgan fingerprint density at radius 1 is 1.34 bits per heavy atom. The van der Waals surface area contributed by atoms with Gasteiger partial charge in [0.2, 0.25) is 5.91 Å². The van der Waals surface area contributed by atoms with Gasteiger partial charge in [0.05, 0.1) is 13.2 Å². The number of hydrogen-bond acceptors (Lipinski definition) is 4. The number of aromatic nitrogens is 2. The van der Waals surface area contributed by atoms with Crippen LogP contribution in [-0.4, -0.2) is 54.1 Å². The predicted molar refractivity (Wildman–Crippen MR) is 114 cm³/mol. The lowest BCUT2D eigenvalue weighted by molar-refractivity contribution is -0.139. The molecule has 0 spiro atoms. The summed E-state index contributed by atoms with van der Waals surface area (Å²) in [5.74, 6) is 4.35. The van der Waals surface area contributed by atoms with Crippen molar-refractivity contribution in [3.8, 4) is 11.5 Å². The molecule has 2 amide bonds. The lowest BCUT2D eigenvalue weighted by Crippen LogP contribution is -2.54. The molecule has 0 bridgehead atoms. The second kappa shape index (κ2) is 8.23. The highest BCUT2D eigenvalue weighted by Crippen LogP contribution is 2.49. The highest BCUT2D eigenvalue weighted by molar-refractivity contribution is 6.83. The minimum Gasteiger partial charge on any atom is -0.453 e. The molecule has 1 aromatic rings. The van der Waals surface area contributed by atoms with Crippen LogP contribution in [0.3, 0.4) is 0 Å². The molecule has 2 fully saturated rings. The first-order valence-electron chi connectivity index (χ1n) is 10.4. The number of nitrogens with one attached hydrogen (secondary N) is 2. The van der Waals surface area contributed by atoms with Crippen molar-refractivity contribution in [3.63, 3.8) is 0 Å². The van der Waals surface area contributed by atoms with Gasteiger partial charge in [-0.1, -0.05) is 39.4 Å². The molecular weight excluding hydrogens is 384 g/mol. The van der Waals surface area contributed by atoms with Gasteiger partial charge >= 0.3 is 6.09 Å². The van der Waals surface area contributed by atoms with Crippen molar-refractivity contribution in [1.29, 1.82) is 0 Å². The maximum atomic E-state index is 13.5. The van der Waals surface area contributed by atoms with Crippen molar-refractivity contribution >= 4 is 20.1 Å². The second-order valence-corrected chi connectivity index (χ2v) is 14.2. The van der Waals surface area contributed by atoms with Gasteiger partial charge < -0.3 is 19.9 Å². The number of methoxy groups -OCH3 is 1. The van der Waals surface area contributed by atoms with Gasteiger partial charge in [-0.3, -0.25) is 4.79 Å². The average molecular weight is 417 g/mol. The standard InChI is InChI=1S/C21H32N4O3Si/c1-13(2)18(24-21(27)28-3)20(26)25-16-8-7-14(16)11-17(25)19-22-12-15(23-19)9-10-29(4,5)6/h12-14,16-18H,7-8,11H2,1-6H3,(H,22,23)(H,24,27)/t14-,16-,17+,18+/m1/s1. The molecule has 8 heteroatoms. The van der Waals surface area contributed by atoms with Crippen LogP contribution in [0.15, 0.2) is 6.20 Å². The van der Waals surface area contributed by atoms with Crippen LogP contribution in [0.25, 0.3) is 0 Å².